The van der Waals surface area contributed by atoms with Gasteiger partial charge in [-0.15, -0.1) is 0 Å². The molecule has 1 saturated heterocycles. The highest BCUT2D eigenvalue weighted by Gasteiger charge is 2.31. The number of benzene rings is 1. The fourth-order valence-electron chi connectivity index (χ4n) is 1.97. The molecule has 0 aliphatic carbocycles. The highest BCUT2D eigenvalue weighted by Crippen LogP contribution is 2.19. The average molecular weight is 296 g/mol. The number of carbonyl (C=O) groups is 2. The van der Waals surface area contributed by atoms with Crippen molar-refractivity contribution in [1.29, 1.82) is 0 Å². The van der Waals surface area contributed by atoms with Crippen molar-refractivity contribution in [3.05, 3.63) is 35.4 Å². The normalized spacial score (nSPS) is 19.8. The summed E-state index contributed by atoms with van der Waals surface area (Å²) < 4.78 is 0. The summed E-state index contributed by atoms with van der Waals surface area (Å²) >= 11 is 3.35. The number of amides is 2. The van der Waals surface area contributed by atoms with Gasteiger partial charge in [0.1, 0.15) is 0 Å². The van der Waals surface area contributed by atoms with Crippen LogP contribution in [0.3, 0.4) is 0 Å². The average Bonchev–Trinajstić information content (AvgIpc) is 2.68. The molecule has 0 N–H and O–H groups in total. The lowest BCUT2D eigenvalue weighted by molar-refractivity contribution is -0.125. The second-order valence-corrected chi connectivity index (χ2v) is 5.01. The number of nitrogens with zero attached hydrogens (tertiary/aromatic N) is 1. The molecular weight excluding hydrogens is 282 g/mol. The first-order valence-corrected chi connectivity index (χ1v) is 6.73. The fraction of sp³-hybridized carbons (Fsp3) is 0.385. The van der Waals surface area contributed by atoms with Crippen molar-refractivity contribution in [1.82, 2.24) is 4.90 Å². The quantitative estimate of drug-likeness (QED) is 0.621. The molecule has 0 spiro atoms. The van der Waals surface area contributed by atoms with Gasteiger partial charge in [-0.3, -0.25) is 14.5 Å². The molecule has 90 valence electrons. The van der Waals surface area contributed by atoms with Gasteiger partial charge >= 0.3 is 0 Å². The molecule has 1 fully saturated rings. The number of likely N-dealkylation sites (tertiary alicyclic amines) is 1. The maximum atomic E-state index is 12.1. The predicted molar refractivity (Wildman–Crippen MR) is 68.9 cm³/mol. The number of hydrogen-bond acceptors (Lipinski definition) is 2. The standard InChI is InChI=1S/C13H14BrNO2/c1-9-6-12(16)15(8-9)13(17)11-4-2-10(7-14)3-5-11/h2-5,9H,6-8H2,1H3. The Balaban J connectivity index is 2.16. The zero-order valence-electron chi connectivity index (χ0n) is 9.65. The van der Waals surface area contributed by atoms with Crippen LogP contribution in [0.4, 0.5) is 0 Å². The van der Waals surface area contributed by atoms with Crippen LogP contribution in [0.1, 0.15) is 29.3 Å². The fourth-order valence-corrected chi connectivity index (χ4v) is 2.35. The predicted octanol–water partition coefficient (Wildman–Crippen LogP) is 2.59. The summed E-state index contributed by atoms with van der Waals surface area (Å²) in [4.78, 5) is 25.1. The number of rotatable bonds is 2. The minimum Gasteiger partial charge on any atom is -0.278 e. The lowest BCUT2D eigenvalue weighted by Crippen LogP contribution is -2.32. The Hall–Kier alpha value is -1.16. The molecule has 1 heterocycles. The van der Waals surface area contributed by atoms with Gasteiger partial charge in [0.05, 0.1) is 0 Å². The summed E-state index contributed by atoms with van der Waals surface area (Å²) in [5.74, 6) is 0.0285. The molecule has 3 nitrogen and oxygen atoms in total. The van der Waals surface area contributed by atoms with Crippen LogP contribution in [0.5, 0.6) is 0 Å². The Morgan fingerprint density at radius 2 is 2.06 bits per heavy atom. The van der Waals surface area contributed by atoms with Gasteiger partial charge in [-0.05, 0) is 23.6 Å². The van der Waals surface area contributed by atoms with Gasteiger partial charge in [-0.25, -0.2) is 0 Å². The Labute approximate surface area is 109 Å². The first-order valence-electron chi connectivity index (χ1n) is 5.61. The molecule has 1 unspecified atom stereocenters. The van der Waals surface area contributed by atoms with Crippen LogP contribution in [0, 0.1) is 5.92 Å². The Morgan fingerprint density at radius 1 is 1.41 bits per heavy atom. The smallest absolute Gasteiger partial charge is 0.260 e. The third-order valence-corrected chi connectivity index (χ3v) is 3.57. The topological polar surface area (TPSA) is 37.4 Å². The third kappa shape index (κ3) is 2.57. The summed E-state index contributed by atoms with van der Waals surface area (Å²) in [5.41, 5.74) is 1.69. The maximum Gasteiger partial charge on any atom is 0.260 e. The minimum absolute atomic E-state index is 0.0629. The van der Waals surface area contributed by atoms with Crippen molar-refractivity contribution >= 4 is 27.7 Å². The second kappa shape index (κ2) is 5.00. The monoisotopic (exact) mass is 295 g/mol. The molecular formula is C13H14BrNO2. The van der Waals surface area contributed by atoms with Gasteiger partial charge in [0.25, 0.3) is 5.91 Å². The molecule has 0 aromatic heterocycles. The molecule has 0 saturated carbocycles. The molecule has 1 aliphatic heterocycles. The van der Waals surface area contributed by atoms with E-state index in [2.05, 4.69) is 15.9 Å². The Bertz CT molecular complexity index is 441. The van der Waals surface area contributed by atoms with Crippen molar-refractivity contribution < 1.29 is 9.59 Å². The molecule has 1 aromatic carbocycles. The van der Waals surface area contributed by atoms with Crippen LogP contribution in [0.2, 0.25) is 0 Å². The van der Waals surface area contributed by atoms with E-state index in [-0.39, 0.29) is 17.7 Å². The van der Waals surface area contributed by atoms with E-state index in [1.165, 1.54) is 4.90 Å². The SMILES string of the molecule is CC1CC(=O)N(C(=O)c2ccc(CBr)cc2)C1. The van der Waals surface area contributed by atoms with E-state index < -0.39 is 0 Å². The summed E-state index contributed by atoms with van der Waals surface area (Å²) in [5, 5.41) is 0.765. The lowest BCUT2D eigenvalue weighted by Gasteiger charge is -2.14. The van der Waals surface area contributed by atoms with Gasteiger partial charge in [-0.1, -0.05) is 35.0 Å². The highest BCUT2D eigenvalue weighted by molar-refractivity contribution is 9.08. The van der Waals surface area contributed by atoms with E-state index in [0.29, 0.717) is 18.5 Å². The second-order valence-electron chi connectivity index (χ2n) is 4.45. The molecule has 2 rings (SSSR count). The van der Waals surface area contributed by atoms with Crippen LogP contribution in [0.25, 0.3) is 0 Å². The molecule has 1 aromatic rings. The number of alkyl halides is 1. The summed E-state index contributed by atoms with van der Waals surface area (Å²) in [6, 6.07) is 7.34. The lowest BCUT2D eigenvalue weighted by atomic mass is 10.1. The van der Waals surface area contributed by atoms with E-state index in [9.17, 15) is 9.59 Å². The van der Waals surface area contributed by atoms with Crippen molar-refractivity contribution in [3.63, 3.8) is 0 Å². The first-order chi connectivity index (χ1) is 8.11. The molecule has 0 radical (unpaired) electrons. The van der Waals surface area contributed by atoms with E-state index in [0.717, 1.165) is 10.9 Å². The third-order valence-electron chi connectivity index (χ3n) is 2.92. The highest BCUT2D eigenvalue weighted by atomic mass is 79.9. The Morgan fingerprint density at radius 3 is 2.53 bits per heavy atom. The van der Waals surface area contributed by atoms with Gasteiger partial charge in [-0.2, -0.15) is 0 Å². The van der Waals surface area contributed by atoms with Crippen molar-refractivity contribution in [2.24, 2.45) is 5.92 Å². The van der Waals surface area contributed by atoms with Gasteiger partial charge in [0.15, 0.2) is 0 Å². The maximum absolute atomic E-state index is 12.1. The molecule has 17 heavy (non-hydrogen) atoms. The Kier molecular flexibility index (Phi) is 3.62. The molecule has 1 aliphatic rings. The van der Waals surface area contributed by atoms with Crippen LogP contribution >= 0.6 is 15.9 Å². The molecule has 0 bridgehead atoms. The van der Waals surface area contributed by atoms with Crippen molar-refractivity contribution in [2.45, 2.75) is 18.7 Å². The number of imide groups is 1. The van der Waals surface area contributed by atoms with Gasteiger partial charge in [0, 0.05) is 23.9 Å². The van der Waals surface area contributed by atoms with Crippen LogP contribution < -0.4 is 0 Å². The van der Waals surface area contributed by atoms with Gasteiger partial charge < -0.3 is 0 Å². The van der Waals surface area contributed by atoms with E-state index >= 15 is 0 Å². The number of halogens is 1. The van der Waals surface area contributed by atoms with E-state index in [1.54, 1.807) is 12.1 Å². The number of carbonyl (C=O) groups excluding carboxylic acids is 2. The minimum atomic E-state index is -0.180. The van der Waals surface area contributed by atoms with Gasteiger partial charge in [0.2, 0.25) is 5.91 Å². The van der Waals surface area contributed by atoms with Crippen LogP contribution in [-0.4, -0.2) is 23.3 Å². The molecule has 4 heteroatoms. The van der Waals surface area contributed by atoms with E-state index in [4.69, 9.17) is 0 Å². The van der Waals surface area contributed by atoms with Crippen LogP contribution in [-0.2, 0) is 10.1 Å². The van der Waals surface area contributed by atoms with E-state index in [1.807, 2.05) is 19.1 Å². The summed E-state index contributed by atoms with van der Waals surface area (Å²) in [6.07, 6.45) is 0.477. The van der Waals surface area contributed by atoms with Crippen LogP contribution in [0.15, 0.2) is 24.3 Å². The molecule has 1 atom stereocenters. The largest absolute Gasteiger partial charge is 0.278 e. The number of hydrogen-bond donors (Lipinski definition) is 0. The van der Waals surface area contributed by atoms with Crippen molar-refractivity contribution in [2.75, 3.05) is 6.54 Å². The zero-order chi connectivity index (χ0) is 12.4. The molecule has 2 amide bonds. The summed E-state index contributed by atoms with van der Waals surface area (Å²) in [7, 11) is 0. The summed E-state index contributed by atoms with van der Waals surface area (Å²) in [6.45, 7) is 2.52. The first kappa shape index (κ1) is 12.3. The zero-order valence-corrected chi connectivity index (χ0v) is 11.2. The van der Waals surface area contributed by atoms with Crippen molar-refractivity contribution in [3.8, 4) is 0 Å².